The Bertz CT molecular complexity index is 843. The molecule has 0 bridgehead atoms. The zero-order valence-corrected chi connectivity index (χ0v) is 13.9. The number of aromatic nitrogens is 2. The van der Waals surface area contributed by atoms with Crippen LogP contribution in [0, 0.1) is 9.39 Å². The van der Waals surface area contributed by atoms with Gasteiger partial charge in [-0.2, -0.15) is 5.10 Å². The van der Waals surface area contributed by atoms with Crippen LogP contribution in [0.15, 0.2) is 42.6 Å². The lowest BCUT2D eigenvalue weighted by Crippen LogP contribution is -2.05. The Morgan fingerprint density at radius 3 is 2.73 bits per heavy atom. The molecule has 0 aliphatic rings. The Morgan fingerprint density at radius 1 is 1.32 bits per heavy atom. The second kappa shape index (κ2) is 6.04. The lowest BCUT2D eigenvalue weighted by Gasteiger charge is -2.03. The monoisotopic (exact) mass is 410 g/mol. The molecular weight excluding hydrogens is 398 g/mol. The topological polar surface area (TPSA) is 43.6 Å². The van der Waals surface area contributed by atoms with Crippen LogP contribution in [-0.2, 0) is 4.74 Å². The van der Waals surface area contributed by atoms with Crippen molar-refractivity contribution in [3.63, 3.8) is 0 Å². The number of hydrogen-bond acceptors (Lipinski definition) is 3. The van der Waals surface area contributed by atoms with Crippen LogP contribution in [0.25, 0.3) is 16.8 Å². The lowest BCUT2D eigenvalue weighted by molar-refractivity contribution is 0.0529. The molecule has 0 saturated carbocycles. The molecule has 4 nitrogen and oxygen atoms in total. The summed E-state index contributed by atoms with van der Waals surface area (Å²) in [4.78, 5) is 12.3. The summed E-state index contributed by atoms with van der Waals surface area (Å²) in [6, 6.07) is 9.66. The molecule has 3 rings (SSSR count). The van der Waals surface area contributed by atoms with Crippen LogP contribution < -0.4 is 0 Å². The van der Waals surface area contributed by atoms with Gasteiger partial charge in [0.15, 0.2) is 0 Å². The molecule has 112 valence electrons. The number of benzene rings is 1. The van der Waals surface area contributed by atoms with Gasteiger partial charge < -0.3 is 4.74 Å². The maximum atomic E-state index is 13.1. The fourth-order valence-corrected chi connectivity index (χ4v) is 2.69. The summed E-state index contributed by atoms with van der Waals surface area (Å²) >= 11 is 2.17. The van der Waals surface area contributed by atoms with E-state index in [0.717, 1.165) is 3.57 Å². The zero-order chi connectivity index (χ0) is 15.7. The van der Waals surface area contributed by atoms with Gasteiger partial charge in [-0.25, -0.2) is 13.7 Å². The molecule has 0 amide bonds. The van der Waals surface area contributed by atoms with Crippen LogP contribution in [-0.4, -0.2) is 22.2 Å². The minimum absolute atomic E-state index is 0.281. The van der Waals surface area contributed by atoms with Crippen LogP contribution >= 0.6 is 22.6 Å². The Morgan fingerprint density at radius 2 is 2.05 bits per heavy atom. The van der Waals surface area contributed by atoms with Gasteiger partial charge in [-0.05, 0) is 65.9 Å². The molecule has 2 aromatic heterocycles. The van der Waals surface area contributed by atoms with E-state index in [9.17, 15) is 9.18 Å². The fourth-order valence-electron chi connectivity index (χ4n) is 2.23. The molecule has 0 atom stereocenters. The summed E-state index contributed by atoms with van der Waals surface area (Å²) in [5, 5.41) is 4.45. The molecule has 0 fully saturated rings. The minimum atomic E-state index is -0.432. The van der Waals surface area contributed by atoms with Gasteiger partial charge in [0, 0.05) is 15.3 Å². The van der Waals surface area contributed by atoms with E-state index in [0.29, 0.717) is 22.3 Å². The Hall–Kier alpha value is -1.96. The summed E-state index contributed by atoms with van der Waals surface area (Å²) in [6.45, 7) is 2.04. The van der Waals surface area contributed by atoms with Gasteiger partial charge in [0.05, 0.1) is 12.1 Å². The molecule has 0 aliphatic carbocycles. The first-order valence-electron chi connectivity index (χ1n) is 6.71. The summed E-state index contributed by atoms with van der Waals surface area (Å²) in [6.07, 6.45) is 1.78. The number of carbonyl (C=O) groups excluding carboxylic acids is 1. The summed E-state index contributed by atoms with van der Waals surface area (Å²) < 4.78 is 20.9. The van der Waals surface area contributed by atoms with Gasteiger partial charge in [0.1, 0.15) is 17.1 Å². The highest BCUT2D eigenvalue weighted by atomic mass is 127. The van der Waals surface area contributed by atoms with Crippen LogP contribution in [0.3, 0.4) is 0 Å². The number of hydrogen-bond donors (Lipinski definition) is 0. The highest BCUT2D eigenvalue weighted by Gasteiger charge is 2.22. The first kappa shape index (κ1) is 15.0. The van der Waals surface area contributed by atoms with Crippen molar-refractivity contribution in [2.45, 2.75) is 6.92 Å². The largest absolute Gasteiger partial charge is 0.462 e. The van der Waals surface area contributed by atoms with Gasteiger partial charge in [-0.3, -0.25) is 0 Å². The number of ether oxygens (including phenoxy) is 1. The maximum absolute atomic E-state index is 13.1. The summed E-state index contributed by atoms with van der Waals surface area (Å²) in [5.74, 6) is -0.765. The summed E-state index contributed by atoms with van der Waals surface area (Å²) in [7, 11) is 0. The smallest absolute Gasteiger partial charge is 0.342 e. The molecule has 2 heterocycles. The lowest BCUT2D eigenvalue weighted by atomic mass is 10.1. The van der Waals surface area contributed by atoms with E-state index in [1.165, 1.54) is 12.1 Å². The Balaban J connectivity index is 2.26. The molecule has 0 aliphatic heterocycles. The average molecular weight is 410 g/mol. The third kappa shape index (κ3) is 2.70. The molecule has 0 spiro atoms. The number of nitrogens with zero attached hydrogens (tertiary/aromatic N) is 2. The number of pyridine rings is 1. The Kier molecular flexibility index (Phi) is 4.10. The molecule has 0 N–H and O–H groups in total. The van der Waals surface area contributed by atoms with Crippen molar-refractivity contribution in [2.75, 3.05) is 6.61 Å². The van der Waals surface area contributed by atoms with E-state index < -0.39 is 5.97 Å². The number of halogens is 2. The van der Waals surface area contributed by atoms with E-state index in [-0.39, 0.29) is 12.4 Å². The second-order valence-electron chi connectivity index (χ2n) is 4.63. The molecule has 3 aromatic rings. The zero-order valence-electron chi connectivity index (χ0n) is 11.7. The average Bonchev–Trinajstić information content (AvgIpc) is 2.86. The molecule has 0 unspecified atom stereocenters. The van der Waals surface area contributed by atoms with Gasteiger partial charge in [-0.1, -0.05) is 0 Å². The predicted molar refractivity (Wildman–Crippen MR) is 89.3 cm³/mol. The first-order chi connectivity index (χ1) is 10.6. The number of fused-ring (bicyclic) bond motifs is 1. The minimum Gasteiger partial charge on any atom is -0.462 e. The van der Waals surface area contributed by atoms with Gasteiger partial charge in [0.25, 0.3) is 0 Å². The fraction of sp³-hybridized carbons (Fsp3) is 0.125. The van der Waals surface area contributed by atoms with E-state index in [1.54, 1.807) is 29.8 Å². The predicted octanol–water partition coefficient (Wildman–Crippen LogP) is 3.92. The van der Waals surface area contributed by atoms with E-state index in [2.05, 4.69) is 27.7 Å². The number of carbonyl (C=O) groups is 1. The van der Waals surface area contributed by atoms with Crippen molar-refractivity contribution in [1.82, 2.24) is 9.61 Å². The number of rotatable bonds is 3. The third-order valence-corrected chi connectivity index (χ3v) is 3.87. The molecule has 0 radical (unpaired) electrons. The standard InChI is InChI=1S/C16H12FIN2O2/c1-2-22-16(21)14-13-9-12(18)7-8-20(13)19-15(14)10-3-5-11(17)6-4-10/h3-9H,2H2,1H3. The second-order valence-corrected chi connectivity index (χ2v) is 5.87. The first-order valence-corrected chi connectivity index (χ1v) is 7.79. The molecule has 0 saturated heterocycles. The van der Waals surface area contributed by atoms with E-state index >= 15 is 0 Å². The van der Waals surface area contributed by atoms with Gasteiger partial charge in [-0.15, -0.1) is 0 Å². The van der Waals surface area contributed by atoms with Crippen molar-refractivity contribution in [2.24, 2.45) is 0 Å². The van der Waals surface area contributed by atoms with Crippen LogP contribution in [0.1, 0.15) is 17.3 Å². The van der Waals surface area contributed by atoms with Crippen LogP contribution in [0.5, 0.6) is 0 Å². The normalized spacial score (nSPS) is 10.9. The number of esters is 1. The van der Waals surface area contributed by atoms with Crippen molar-refractivity contribution in [3.8, 4) is 11.3 Å². The molecule has 6 heteroatoms. The summed E-state index contributed by atoms with van der Waals surface area (Å²) in [5.41, 5.74) is 2.22. The van der Waals surface area contributed by atoms with E-state index in [4.69, 9.17) is 4.74 Å². The van der Waals surface area contributed by atoms with E-state index in [1.807, 2.05) is 12.1 Å². The van der Waals surface area contributed by atoms with Gasteiger partial charge >= 0.3 is 5.97 Å². The Labute approximate surface area is 140 Å². The SMILES string of the molecule is CCOC(=O)c1c(-c2ccc(F)cc2)nn2ccc(I)cc12. The van der Waals surface area contributed by atoms with Gasteiger partial charge in [0.2, 0.25) is 0 Å². The van der Waals surface area contributed by atoms with Crippen LogP contribution in [0.4, 0.5) is 4.39 Å². The van der Waals surface area contributed by atoms with Crippen molar-refractivity contribution in [3.05, 3.63) is 57.5 Å². The van der Waals surface area contributed by atoms with Crippen molar-refractivity contribution >= 4 is 34.1 Å². The highest BCUT2D eigenvalue weighted by molar-refractivity contribution is 14.1. The van der Waals surface area contributed by atoms with Crippen molar-refractivity contribution < 1.29 is 13.9 Å². The van der Waals surface area contributed by atoms with Crippen molar-refractivity contribution in [1.29, 1.82) is 0 Å². The molecular formula is C16H12FIN2O2. The maximum Gasteiger partial charge on any atom is 0.342 e. The quantitative estimate of drug-likeness (QED) is 0.486. The third-order valence-electron chi connectivity index (χ3n) is 3.19. The highest BCUT2D eigenvalue weighted by Crippen LogP contribution is 2.28. The molecule has 22 heavy (non-hydrogen) atoms. The molecule has 1 aromatic carbocycles. The van der Waals surface area contributed by atoms with Crippen LogP contribution in [0.2, 0.25) is 0 Å².